The molecule has 0 fully saturated rings. The average Bonchev–Trinajstić information content (AvgIpc) is 2.42. The number of halogens is 1. The fourth-order valence-corrected chi connectivity index (χ4v) is 1.94. The molecule has 2 aromatic rings. The van der Waals surface area contributed by atoms with Gasteiger partial charge in [-0.05, 0) is 47.1 Å². The van der Waals surface area contributed by atoms with Gasteiger partial charge < -0.3 is 22.1 Å². The second-order valence-corrected chi connectivity index (χ2v) is 5.06. The topological polar surface area (TPSA) is 102 Å². The maximum absolute atomic E-state index is 5.73. The first-order chi connectivity index (χ1) is 9.69. The van der Waals surface area contributed by atoms with Gasteiger partial charge in [-0.15, -0.1) is 0 Å². The van der Waals surface area contributed by atoms with Crippen LogP contribution in [0.1, 0.15) is 6.42 Å². The Bertz CT molecular complexity index is 575. The summed E-state index contributed by atoms with van der Waals surface area (Å²) in [6.07, 6.45) is 2.58. The Morgan fingerprint density at radius 2 is 2.15 bits per heavy atom. The number of nitrogens with two attached hydrogens (primary N) is 2. The molecular formula is C13H17BrN6. The summed E-state index contributed by atoms with van der Waals surface area (Å²) in [6, 6.07) is 7.43. The normalized spacial score (nSPS) is 10.3. The Kier molecular flexibility index (Phi) is 5.14. The standard InChI is InChI=1S/C13H17BrN6/c14-11-8-18-13(20-12(11)17-6-2-5-15)19-10-4-1-3-9(16)7-10/h1,3-4,7-8H,2,5-6,15-16H2,(H2,17,18,19,20). The molecule has 0 bridgehead atoms. The molecule has 6 N–H and O–H groups in total. The number of hydrogen-bond donors (Lipinski definition) is 4. The van der Waals surface area contributed by atoms with E-state index < -0.39 is 0 Å². The molecule has 20 heavy (non-hydrogen) atoms. The number of rotatable bonds is 6. The van der Waals surface area contributed by atoms with Crippen LogP contribution in [-0.4, -0.2) is 23.1 Å². The number of anilines is 4. The smallest absolute Gasteiger partial charge is 0.229 e. The number of aromatic nitrogens is 2. The van der Waals surface area contributed by atoms with Gasteiger partial charge in [0.15, 0.2) is 0 Å². The van der Waals surface area contributed by atoms with Crippen molar-refractivity contribution in [2.24, 2.45) is 5.73 Å². The Balaban J connectivity index is 2.10. The van der Waals surface area contributed by atoms with E-state index in [2.05, 4.69) is 36.5 Å². The number of benzene rings is 1. The minimum atomic E-state index is 0.508. The summed E-state index contributed by atoms with van der Waals surface area (Å²) in [7, 11) is 0. The zero-order valence-electron chi connectivity index (χ0n) is 10.9. The molecule has 106 valence electrons. The van der Waals surface area contributed by atoms with Crippen molar-refractivity contribution in [3.63, 3.8) is 0 Å². The van der Waals surface area contributed by atoms with E-state index in [1.165, 1.54) is 0 Å². The third-order valence-electron chi connectivity index (χ3n) is 2.56. The van der Waals surface area contributed by atoms with E-state index in [0.717, 1.165) is 28.9 Å². The molecule has 0 saturated heterocycles. The number of nitrogens with one attached hydrogen (secondary N) is 2. The number of nitrogens with zero attached hydrogens (tertiary/aromatic N) is 2. The van der Waals surface area contributed by atoms with Crippen LogP contribution in [-0.2, 0) is 0 Å². The van der Waals surface area contributed by atoms with Crippen LogP contribution in [0.5, 0.6) is 0 Å². The molecule has 0 unspecified atom stereocenters. The van der Waals surface area contributed by atoms with Crippen LogP contribution >= 0.6 is 15.9 Å². The lowest BCUT2D eigenvalue weighted by atomic mass is 10.3. The van der Waals surface area contributed by atoms with Gasteiger partial charge in [-0.25, -0.2) is 4.98 Å². The van der Waals surface area contributed by atoms with Crippen molar-refractivity contribution in [2.45, 2.75) is 6.42 Å². The molecule has 1 aromatic heterocycles. The van der Waals surface area contributed by atoms with Crippen LogP contribution in [0, 0.1) is 0 Å². The average molecular weight is 337 g/mol. The van der Waals surface area contributed by atoms with Gasteiger partial charge in [0, 0.05) is 24.1 Å². The fraction of sp³-hybridized carbons (Fsp3) is 0.231. The summed E-state index contributed by atoms with van der Waals surface area (Å²) in [4.78, 5) is 8.62. The number of hydrogen-bond acceptors (Lipinski definition) is 6. The van der Waals surface area contributed by atoms with E-state index in [4.69, 9.17) is 11.5 Å². The molecule has 0 radical (unpaired) electrons. The highest BCUT2D eigenvalue weighted by Crippen LogP contribution is 2.22. The van der Waals surface area contributed by atoms with Gasteiger partial charge in [-0.2, -0.15) is 4.98 Å². The van der Waals surface area contributed by atoms with Crippen LogP contribution in [0.4, 0.5) is 23.1 Å². The summed E-state index contributed by atoms with van der Waals surface area (Å²) < 4.78 is 0.813. The van der Waals surface area contributed by atoms with E-state index in [1.54, 1.807) is 6.20 Å². The highest BCUT2D eigenvalue weighted by atomic mass is 79.9. The Morgan fingerprint density at radius 3 is 2.90 bits per heavy atom. The third-order valence-corrected chi connectivity index (χ3v) is 3.14. The minimum absolute atomic E-state index is 0.508. The molecule has 0 aliphatic heterocycles. The Hall–Kier alpha value is -1.86. The first kappa shape index (κ1) is 14.5. The fourth-order valence-electron chi connectivity index (χ4n) is 1.61. The zero-order chi connectivity index (χ0) is 14.4. The largest absolute Gasteiger partial charge is 0.399 e. The SMILES string of the molecule is NCCCNc1nc(Nc2cccc(N)c2)ncc1Br. The summed E-state index contributed by atoms with van der Waals surface area (Å²) in [5.74, 6) is 1.24. The molecule has 0 aliphatic rings. The zero-order valence-corrected chi connectivity index (χ0v) is 12.5. The van der Waals surface area contributed by atoms with Gasteiger partial charge in [0.2, 0.25) is 5.95 Å². The molecule has 1 aromatic carbocycles. The molecule has 6 nitrogen and oxygen atoms in total. The van der Waals surface area contributed by atoms with Crippen LogP contribution in [0.25, 0.3) is 0 Å². The van der Waals surface area contributed by atoms with E-state index in [1.807, 2.05) is 24.3 Å². The summed E-state index contributed by atoms with van der Waals surface area (Å²) in [6.45, 7) is 1.41. The molecule has 0 saturated carbocycles. The van der Waals surface area contributed by atoms with Crippen molar-refractivity contribution in [3.8, 4) is 0 Å². The van der Waals surface area contributed by atoms with Crippen molar-refractivity contribution in [3.05, 3.63) is 34.9 Å². The molecule has 2 rings (SSSR count). The Labute approximate surface area is 126 Å². The van der Waals surface area contributed by atoms with Gasteiger partial charge in [0.05, 0.1) is 4.47 Å². The van der Waals surface area contributed by atoms with Gasteiger partial charge in [-0.1, -0.05) is 6.07 Å². The molecule has 0 amide bonds. The Morgan fingerprint density at radius 1 is 1.30 bits per heavy atom. The first-order valence-electron chi connectivity index (χ1n) is 6.28. The molecule has 0 aliphatic carbocycles. The molecule has 7 heteroatoms. The minimum Gasteiger partial charge on any atom is -0.399 e. The third kappa shape index (κ3) is 4.07. The first-order valence-corrected chi connectivity index (χ1v) is 7.07. The summed E-state index contributed by atoms with van der Waals surface area (Å²) in [5.41, 5.74) is 12.7. The highest BCUT2D eigenvalue weighted by Gasteiger charge is 2.05. The van der Waals surface area contributed by atoms with E-state index in [-0.39, 0.29) is 0 Å². The van der Waals surface area contributed by atoms with Crippen molar-refractivity contribution < 1.29 is 0 Å². The van der Waals surface area contributed by atoms with Crippen LogP contribution in [0.2, 0.25) is 0 Å². The molecule has 1 heterocycles. The lowest BCUT2D eigenvalue weighted by molar-refractivity contribution is 0.868. The summed E-state index contributed by atoms with van der Waals surface area (Å²) in [5, 5.41) is 6.32. The molecule has 0 spiro atoms. The summed E-state index contributed by atoms with van der Waals surface area (Å²) >= 11 is 3.41. The van der Waals surface area contributed by atoms with Gasteiger partial charge in [0.1, 0.15) is 5.82 Å². The second kappa shape index (κ2) is 7.06. The highest BCUT2D eigenvalue weighted by molar-refractivity contribution is 9.10. The maximum atomic E-state index is 5.73. The van der Waals surface area contributed by atoms with Crippen molar-refractivity contribution in [1.29, 1.82) is 0 Å². The van der Waals surface area contributed by atoms with Crippen LogP contribution < -0.4 is 22.1 Å². The van der Waals surface area contributed by atoms with Crippen molar-refractivity contribution in [1.82, 2.24) is 9.97 Å². The molecule has 0 atom stereocenters. The van der Waals surface area contributed by atoms with E-state index in [0.29, 0.717) is 18.2 Å². The maximum Gasteiger partial charge on any atom is 0.229 e. The van der Waals surface area contributed by atoms with Crippen LogP contribution in [0.3, 0.4) is 0 Å². The van der Waals surface area contributed by atoms with Crippen LogP contribution in [0.15, 0.2) is 34.9 Å². The lowest BCUT2D eigenvalue weighted by Gasteiger charge is -2.10. The lowest BCUT2D eigenvalue weighted by Crippen LogP contribution is -2.10. The van der Waals surface area contributed by atoms with Crippen molar-refractivity contribution >= 4 is 39.1 Å². The van der Waals surface area contributed by atoms with E-state index in [9.17, 15) is 0 Å². The van der Waals surface area contributed by atoms with Gasteiger partial charge >= 0.3 is 0 Å². The predicted molar refractivity (Wildman–Crippen MR) is 86.0 cm³/mol. The molecular weight excluding hydrogens is 320 g/mol. The monoisotopic (exact) mass is 336 g/mol. The van der Waals surface area contributed by atoms with Gasteiger partial charge in [-0.3, -0.25) is 0 Å². The predicted octanol–water partition coefficient (Wildman–Crippen LogP) is 2.33. The quantitative estimate of drug-likeness (QED) is 0.477. The van der Waals surface area contributed by atoms with E-state index >= 15 is 0 Å². The van der Waals surface area contributed by atoms with Gasteiger partial charge in [0.25, 0.3) is 0 Å². The number of nitrogen functional groups attached to an aromatic ring is 1. The van der Waals surface area contributed by atoms with Crippen molar-refractivity contribution in [2.75, 3.05) is 29.5 Å². The second-order valence-electron chi connectivity index (χ2n) is 4.21.